The maximum absolute atomic E-state index is 6.33. The fraction of sp³-hybridized carbons (Fsp3) is 0.185. The molecular weight excluding hydrogens is 441 g/mol. The molecule has 32 heavy (non-hydrogen) atoms. The van der Waals surface area contributed by atoms with Crippen LogP contribution in [-0.2, 0) is 19.6 Å². The minimum Gasteiger partial charge on any atom is -0.497 e. The van der Waals surface area contributed by atoms with Gasteiger partial charge < -0.3 is 14.8 Å². The van der Waals surface area contributed by atoms with E-state index < -0.39 is 0 Å². The lowest BCUT2D eigenvalue weighted by molar-refractivity contribution is 0.303. The quantitative estimate of drug-likeness (QED) is 0.268. The zero-order valence-corrected chi connectivity index (χ0v) is 19.4. The lowest BCUT2D eigenvalue weighted by Crippen LogP contribution is -2.17. The number of hydrogen-bond acceptors (Lipinski definition) is 3. The van der Waals surface area contributed by atoms with E-state index in [0.29, 0.717) is 23.2 Å². The van der Waals surface area contributed by atoms with Gasteiger partial charge in [0, 0.05) is 27.7 Å². The van der Waals surface area contributed by atoms with Crippen molar-refractivity contribution in [1.29, 1.82) is 0 Å². The molecule has 4 rings (SSSR count). The molecule has 0 amide bonds. The van der Waals surface area contributed by atoms with Crippen LogP contribution in [-0.4, -0.2) is 13.7 Å². The second kappa shape index (κ2) is 10.7. The molecule has 4 aromatic rings. The van der Waals surface area contributed by atoms with Gasteiger partial charge in [-0.25, -0.2) is 0 Å². The second-order valence-electron chi connectivity index (χ2n) is 7.56. The van der Waals surface area contributed by atoms with Crippen molar-refractivity contribution in [3.63, 3.8) is 0 Å². The summed E-state index contributed by atoms with van der Waals surface area (Å²) in [5.74, 6) is 1.73. The maximum atomic E-state index is 6.33. The van der Waals surface area contributed by atoms with Crippen LogP contribution in [0.2, 0.25) is 10.0 Å². The first-order valence-corrected chi connectivity index (χ1v) is 11.3. The van der Waals surface area contributed by atoms with Gasteiger partial charge >= 0.3 is 0 Å². The molecule has 0 atom stereocenters. The molecule has 0 fully saturated rings. The van der Waals surface area contributed by atoms with Crippen molar-refractivity contribution >= 4 is 34.0 Å². The van der Waals surface area contributed by atoms with Gasteiger partial charge in [-0.15, -0.1) is 0 Å². The highest BCUT2D eigenvalue weighted by molar-refractivity contribution is 6.35. The predicted molar refractivity (Wildman–Crippen MR) is 133 cm³/mol. The summed E-state index contributed by atoms with van der Waals surface area (Å²) >= 11 is 12.3. The molecule has 5 heteroatoms. The van der Waals surface area contributed by atoms with Crippen LogP contribution in [0.4, 0.5) is 0 Å². The van der Waals surface area contributed by atoms with Crippen LogP contribution in [0.15, 0.2) is 78.9 Å². The molecule has 0 radical (unpaired) electrons. The van der Waals surface area contributed by atoms with Crippen LogP contribution in [0, 0.1) is 0 Å². The molecule has 0 aliphatic rings. The van der Waals surface area contributed by atoms with Gasteiger partial charge in [0.05, 0.1) is 7.11 Å². The molecule has 0 aliphatic heterocycles. The highest BCUT2D eigenvalue weighted by Crippen LogP contribution is 2.30. The zero-order chi connectivity index (χ0) is 22.3. The van der Waals surface area contributed by atoms with Crippen LogP contribution in [0.5, 0.6) is 11.5 Å². The van der Waals surface area contributed by atoms with Gasteiger partial charge in [-0.3, -0.25) is 0 Å². The average Bonchev–Trinajstić information content (AvgIpc) is 2.82. The van der Waals surface area contributed by atoms with Crippen molar-refractivity contribution in [2.75, 3.05) is 13.7 Å². The summed E-state index contributed by atoms with van der Waals surface area (Å²) in [6.45, 7) is 1.95. The zero-order valence-electron chi connectivity index (χ0n) is 17.9. The van der Waals surface area contributed by atoms with Gasteiger partial charge in [-0.2, -0.15) is 0 Å². The first kappa shape index (κ1) is 22.5. The number of fused-ring (bicyclic) bond motifs is 1. The van der Waals surface area contributed by atoms with E-state index in [1.165, 1.54) is 16.3 Å². The van der Waals surface area contributed by atoms with E-state index in [-0.39, 0.29) is 0 Å². The molecule has 3 nitrogen and oxygen atoms in total. The largest absolute Gasteiger partial charge is 0.497 e. The second-order valence-corrected chi connectivity index (χ2v) is 8.41. The number of hydrogen-bond donors (Lipinski definition) is 1. The molecule has 0 heterocycles. The Morgan fingerprint density at radius 1 is 0.875 bits per heavy atom. The van der Waals surface area contributed by atoms with Gasteiger partial charge in [0.15, 0.2) is 0 Å². The SMILES string of the molecule is COc1ccc(CCNCc2c(OCc3ccc(Cl)cc3Cl)ccc3ccccc23)cc1. The van der Waals surface area contributed by atoms with E-state index in [9.17, 15) is 0 Å². The van der Waals surface area contributed by atoms with Crippen LogP contribution < -0.4 is 14.8 Å². The average molecular weight is 466 g/mol. The Balaban J connectivity index is 1.46. The molecule has 0 aliphatic carbocycles. The van der Waals surface area contributed by atoms with E-state index in [1.807, 2.05) is 30.3 Å². The Labute approximate surface area is 198 Å². The Kier molecular flexibility index (Phi) is 7.54. The Morgan fingerprint density at radius 3 is 2.47 bits per heavy atom. The van der Waals surface area contributed by atoms with Crippen LogP contribution in [0.25, 0.3) is 10.8 Å². The smallest absolute Gasteiger partial charge is 0.124 e. The first-order chi connectivity index (χ1) is 15.6. The van der Waals surface area contributed by atoms with E-state index in [2.05, 4.69) is 47.8 Å². The fourth-order valence-electron chi connectivity index (χ4n) is 3.67. The lowest BCUT2D eigenvalue weighted by Gasteiger charge is -2.16. The Hall–Kier alpha value is -2.72. The van der Waals surface area contributed by atoms with Crippen LogP contribution in [0.1, 0.15) is 16.7 Å². The normalized spacial score (nSPS) is 11.0. The third-order valence-electron chi connectivity index (χ3n) is 5.45. The molecule has 164 valence electrons. The summed E-state index contributed by atoms with van der Waals surface area (Å²) in [5.41, 5.74) is 3.32. The molecule has 1 N–H and O–H groups in total. The van der Waals surface area contributed by atoms with Crippen molar-refractivity contribution in [3.8, 4) is 11.5 Å². The van der Waals surface area contributed by atoms with Gasteiger partial charge in [-0.05, 0) is 59.6 Å². The van der Waals surface area contributed by atoms with E-state index in [0.717, 1.165) is 35.6 Å². The molecular formula is C27H25Cl2NO2. The predicted octanol–water partition coefficient (Wildman–Crippen LogP) is 7.07. The summed E-state index contributed by atoms with van der Waals surface area (Å²) in [4.78, 5) is 0. The summed E-state index contributed by atoms with van der Waals surface area (Å²) in [5, 5.41) is 7.17. The Bertz CT molecular complexity index is 1190. The minimum absolute atomic E-state index is 0.382. The van der Waals surface area contributed by atoms with E-state index >= 15 is 0 Å². The van der Waals surface area contributed by atoms with Crippen molar-refractivity contribution in [2.45, 2.75) is 19.6 Å². The fourth-order valence-corrected chi connectivity index (χ4v) is 4.13. The number of methoxy groups -OCH3 is 1. The van der Waals surface area contributed by atoms with Gasteiger partial charge in [0.25, 0.3) is 0 Å². The third-order valence-corrected chi connectivity index (χ3v) is 6.03. The van der Waals surface area contributed by atoms with E-state index in [1.54, 1.807) is 13.2 Å². The van der Waals surface area contributed by atoms with Gasteiger partial charge in [0.1, 0.15) is 18.1 Å². The van der Waals surface area contributed by atoms with Crippen molar-refractivity contribution in [2.24, 2.45) is 0 Å². The van der Waals surface area contributed by atoms with Crippen molar-refractivity contribution in [1.82, 2.24) is 5.32 Å². The number of rotatable bonds is 9. The molecule has 0 saturated heterocycles. The monoisotopic (exact) mass is 465 g/mol. The Morgan fingerprint density at radius 2 is 1.69 bits per heavy atom. The lowest BCUT2D eigenvalue weighted by atomic mass is 10.0. The van der Waals surface area contributed by atoms with Crippen LogP contribution in [0.3, 0.4) is 0 Å². The topological polar surface area (TPSA) is 30.5 Å². The number of nitrogens with one attached hydrogen (secondary N) is 1. The molecule has 0 spiro atoms. The first-order valence-electron chi connectivity index (χ1n) is 10.5. The number of benzene rings is 4. The van der Waals surface area contributed by atoms with E-state index in [4.69, 9.17) is 32.7 Å². The van der Waals surface area contributed by atoms with Crippen molar-refractivity contribution in [3.05, 3.63) is 106 Å². The van der Waals surface area contributed by atoms with Gasteiger partial charge in [0.2, 0.25) is 0 Å². The minimum atomic E-state index is 0.382. The highest BCUT2D eigenvalue weighted by atomic mass is 35.5. The van der Waals surface area contributed by atoms with Crippen molar-refractivity contribution < 1.29 is 9.47 Å². The molecule has 0 aromatic heterocycles. The maximum Gasteiger partial charge on any atom is 0.124 e. The van der Waals surface area contributed by atoms with Gasteiger partial charge in [-0.1, -0.05) is 71.7 Å². The number of halogens is 2. The standard InChI is InChI=1S/C27H25Cl2NO2/c1-31-23-11-6-19(7-12-23)14-15-30-17-25-24-5-3-2-4-20(24)9-13-27(25)32-18-21-8-10-22(28)16-26(21)29/h2-13,16,30H,14-15,17-18H2,1H3. The summed E-state index contributed by atoms with van der Waals surface area (Å²) in [6.07, 6.45) is 0.936. The molecule has 0 bridgehead atoms. The van der Waals surface area contributed by atoms with Crippen LogP contribution >= 0.6 is 23.2 Å². The molecule has 0 unspecified atom stereocenters. The third kappa shape index (κ3) is 5.55. The highest BCUT2D eigenvalue weighted by Gasteiger charge is 2.10. The summed E-state index contributed by atoms with van der Waals surface area (Å²) in [6, 6.07) is 26.2. The number of ether oxygens (including phenoxy) is 2. The summed E-state index contributed by atoms with van der Waals surface area (Å²) < 4.78 is 11.4. The molecule has 4 aromatic carbocycles. The summed E-state index contributed by atoms with van der Waals surface area (Å²) in [7, 11) is 1.68. The molecule has 0 saturated carbocycles.